The van der Waals surface area contributed by atoms with Gasteiger partial charge in [0.1, 0.15) is 10.7 Å². The number of aromatic nitrogens is 2. The number of benzene rings is 1. The molecule has 1 saturated heterocycles. The number of carbonyl (C=O) groups excluding carboxylic acids is 2. The Labute approximate surface area is 175 Å². The second kappa shape index (κ2) is 8.46. The van der Waals surface area contributed by atoms with Gasteiger partial charge in [-0.25, -0.2) is 19.2 Å². The monoisotopic (exact) mass is 427 g/mol. The first-order valence-electron chi connectivity index (χ1n) is 9.11. The lowest BCUT2D eigenvalue weighted by atomic mass is 10.2. The third-order valence-corrected chi connectivity index (χ3v) is 5.53. The van der Waals surface area contributed by atoms with Crippen LogP contribution in [0.25, 0.3) is 0 Å². The highest BCUT2D eigenvalue weighted by molar-refractivity contribution is 7.17. The Balaban J connectivity index is 1.40. The first kappa shape index (κ1) is 19.8. The standard InChI is InChI=1S/C20H18FN5O3S/c1-29-17-6-5-15(10-22-17)24-18(27)16-11-23-19(30-16)26-8-7-25(20(26)28)12-13-3-2-4-14(21)9-13/h2-6,9-11H,7-8,12H2,1H3,(H,24,27). The summed E-state index contributed by atoms with van der Waals surface area (Å²) >= 11 is 1.13. The largest absolute Gasteiger partial charge is 0.481 e. The lowest BCUT2D eigenvalue weighted by molar-refractivity contribution is 0.103. The minimum absolute atomic E-state index is 0.222. The number of amides is 3. The van der Waals surface area contributed by atoms with Gasteiger partial charge in [-0.15, -0.1) is 0 Å². The molecule has 3 amide bonds. The molecule has 1 fully saturated rings. The Bertz CT molecular complexity index is 1070. The van der Waals surface area contributed by atoms with E-state index in [1.807, 2.05) is 0 Å². The van der Waals surface area contributed by atoms with E-state index in [2.05, 4.69) is 15.3 Å². The number of ether oxygens (including phenoxy) is 1. The molecule has 10 heteroatoms. The summed E-state index contributed by atoms with van der Waals surface area (Å²) in [6.07, 6.45) is 2.93. The van der Waals surface area contributed by atoms with Crippen molar-refractivity contribution in [2.75, 3.05) is 30.4 Å². The van der Waals surface area contributed by atoms with E-state index in [0.29, 0.717) is 41.2 Å². The molecule has 2 aromatic heterocycles. The van der Waals surface area contributed by atoms with Crippen LogP contribution in [0.5, 0.6) is 5.88 Å². The summed E-state index contributed by atoms with van der Waals surface area (Å²) in [7, 11) is 1.51. The van der Waals surface area contributed by atoms with E-state index in [-0.39, 0.29) is 17.8 Å². The lowest BCUT2D eigenvalue weighted by Crippen LogP contribution is -2.31. The van der Waals surface area contributed by atoms with Crippen LogP contribution < -0.4 is 15.0 Å². The molecule has 0 bridgehead atoms. The van der Waals surface area contributed by atoms with Gasteiger partial charge < -0.3 is 15.0 Å². The number of pyridine rings is 1. The van der Waals surface area contributed by atoms with Gasteiger partial charge >= 0.3 is 6.03 Å². The predicted molar refractivity (Wildman–Crippen MR) is 110 cm³/mol. The molecule has 0 aliphatic carbocycles. The zero-order valence-electron chi connectivity index (χ0n) is 16.0. The summed E-state index contributed by atoms with van der Waals surface area (Å²) in [6, 6.07) is 9.27. The molecule has 8 nitrogen and oxygen atoms in total. The van der Waals surface area contributed by atoms with Crippen LogP contribution in [-0.4, -0.2) is 47.0 Å². The van der Waals surface area contributed by atoms with Crippen LogP contribution in [0.3, 0.4) is 0 Å². The third-order valence-electron chi connectivity index (χ3n) is 4.51. The maximum Gasteiger partial charge on any atom is 0.326 e. The molecule has 154 valence electrons. The average Bonchev–Trinajstić information content (AvgIpc) is 3.36. The molecule has 1 aliphatic heterocycles. The van der Waals surface area contributed by atoms with Crippen molar-refractivity contribution in [1.82, 2.24) is 14.9 Å². The van der Waals surface area contributed by atoms with Gasteiger partial charge in [0, 0.05) is 25.7 Å². The summed E-state index contributed by atoms with van der Waals surface area (Å²) in [5.41, 5.74) is 1.24. The Morgan fingerprint density at radius 1 is 1.23 bits per heavy atom. The van der Waals surface area contributed by atoms with Crippen LogP contribution >= 0.6 is 11.3 Å². The Morgan fingerprint density at radius 2 is 2.10 bits per heavy atom. The summed E-state index contributed by atoms with van der Waals surface area (Å²) < 4.78 is 18.4. The molecule has 0 atom stereocenters. The number of thiazole rings is 1. The van der Waals surface area contributed by atoms with Gasteiger partial charge in [0.05, 0.1) is 25.2 Å². The second-order valence-corrected chi connectivity index (χ2v) is 7.55. The number of halogens is 1. The van der Waals surface area contributed by atoms with Crippen molar-refractivity contribution >= 4 is 34.1 Å². The van der Waals surface area contributed by atoms with Crippen LogP contribution in [0.1, 0.15) is 15.2 Å². The molecule has 3 aromatic rings. The summed E-state index contributed by atoms with van der Waals surface area (Å²) in [5.74, 6) is -0.226. The van der Waals surface area contributed by atoms with Crippen molar-refractivity contribution < 1.29 is 18.7 Å². The van der Waals surface area contributed by atoms with E-state index in [4.69, 9.17) is 4.74 Å². The zero-order valence-corrected chi connectivity index (χ0v) is 16.9. The number of carbonyl (C=O) groups is 2. The topological polar surface area (TPSA) is 87.7 Å². The second-order valence-electron chi connectivity index (χ2n) is 6.54. The summed E-state index contributed by atoms with van der Waals surface area (Å²) in [4.78, 5) is 37.0. The number of anilines is 2. The smallest absolute Gasteiger partial charge is 0.326 e. The normalized spacial score (nSPS) is 13.6. The maximum absolute atomic E-state index is 13.4. The number of hydrogen-bond donors (Lipinski definition) is 1. The quantitative estimate of drug-likeness (QED) is 0.652. The molecule has 1 aliphatic rings. The van der Waals surface area contributed by atoms with Crippen LogP contribution in [0.4, 0.5) is 20.0 Å². The number of hydrogen-bond acceptors (Lipinski definition) is 6. The van der Waals surface area contributed by atoms with Crippen molar-refractivity contribution in [3.8, 4) is 5.88 Å². The van der Waals surface area contributed by atoms with Crippen molar-refractivity contribution in [1.29, 1.82) is 0 Å². The molecule has 30 heavy (non-hydrogen) atoms. The fourth-order valence-electron chi connectivity index (χ4n) is 3.02. The number of methoxy groups -OCH3 is 1. The molecule has 0 saturated carbocycles. The number of rotatable bonds is 6. The number of nitrogens with zero attached hydrogens (tertiary/aromatic N) is 4. The van der Waals surface area contributed by atoms with E-state index >= 15 is 0 Å². The fourth-order valence-corrected chi connectivity index (χ4v) is 3.86. The lowest BCUT2D eigenvalue weighted by Gasteiger charge is -2.16. The van der Waals surface area contributed by atoms with Crippen LogP contribution in [0, 0.1) is 5.82 Å². The molecular formula is C20H18FN5O3S. The highest BCUT2D eigenvalue weighted by Crippen LogP contribution is 2.27. The van der Waals surface area contributed by atoms with Crippen molar-refractivity contribution in [3.63, 3.8) is 0 Å². The van der Waals surface area contributed by atoms with Crippen molar-refractivity contribution in [3.05, 3.63) is 65.0 Å². The highest BCUT2D eigenvalue weighted by Gasteiger charge is 2.31. The van der Waals surface area contributed by atoms with E-state index in [1.165, 1.54) is 36.5 Å². The molecule has 0 unspecified atom stereocenters. The Morgan fingerprint density at radius 3 is 2.83 bits per heavy atom. The average molecular weight is 427 g/mol. The van der Waals surface area contributed by atoms with E-state index in [1.54, 1.807) is 29.2 Å². The molecule has 0 radical (unpaired) electrons. The molecule has 1 N–H and O–H groups in total. The van der Waals surface area contributed by atoms with Crippen LogP contribution in [-0.2, 0) is 6.54 Å². The van der Waals surface area contributed by atoms with Gasteiger partial charge in [-0.05, 0) is 23.8 Å². The Hall–Kier alpha value is -3.53. The van der Waals surface area contributed by atoms with Gasteiger partial charge in [-0.2, -0.15) is 0 Å². The predicted octanol–water partition coefficient (Wildman–Crippen LogP) is 3.38. The first-order valence-corrected chi connectivity index (χ1v) is 9.93. The zero-order chi connectivity index (χ0) is 21.1. The summed E-state index contributed by atoms with van der Waals surface area (Å²) in [6.45, 7) is 1.26. The van der Waals surface area contributed by atoms with Crippen LogP contribution in [0.2, 0.25) is 0 Å². The van der Waals surface area contributed by atoms with E-state index in [0.717, 1.165) is 16.9 Å². The van der Waals surface area contributed by atoms with Gasteiger partial charge in [0.25, 0.3) is 5.91 Å². The van der Waals surface area contributed by atoms with Crippen molar-refractivity contribution in [2.45, 2.75) is 6.54 Å². The van der Waals surface area contributed by atoms with Gasteiger partial charge in [0.15, 0.2) is 5.13 Å². The van der Waals surface area contributed by atoms with Gasteiger partial charge in [-0.1, -0.05) is 23.5 Å². The highest BCUT2D eigenvalue weighted by atomic mass is 32.1. The third kappa shape index (κ3) is 4.23. The fraction of sp³-hybridized carbons (Fsp3) is 0.200. The molecule has 4 rings (SSSR count). The SMILES string of the molecule is COc1ccc(NC(=O)c2cnc(N3CCN(Cc4cccc(F)c4)C3=O)s2)cn1. The van der Waals surface area contributed by atoms with Crippen molar-refractivity contribution in [2.24, 2.45) is 0 Å². The maximum atomic E-state index is 13.4. The molecular weight excluding hydrogens is 409 g/mol. The summed E-state index contributed by atoms with van der Waals surface area (Å²) in [5, 5.41) is 3.18. The van der Waals surface area contributed by atoms with Gasteiger partial charge in [0.2, 0.25) is 5.88 Å². The van der Waals surface area contributed by atoms with Crippen LogP contribution in [0.15, 0.2) is 48.8 Å². The minimum atomic E-state index is -0.339. The number of nitrogens with one attached hydrogen (secondary N) is 1. The minimum Gasteiger partial charge on any atom is -0.481 e. The first-order chi connectivity index (χ1) is 14.5. The Kier molecular flexibility index (Phi) is 5.57. The molecule has 0 spiro atoms. The van der Waals surface area contributed by atoms with Gasteiger partial charge in [-0.3, -0.25) is 9.69 Å². The molecule has 1 aromatic carbocycles. The van der Waals surface area contributed by atoms with E-state index < -0.39 is 0 Å². The molecule has 3 heterocycles. The number of urea groups is 1. The van der Waals surface area contributed by atoms with E-state index in [9.17, 15) is 14.0 Å².